The first-order valence-electron chi connectivity index (χ1n) is 8.01. The minimum Gasteiger partial charge on any atom is -0.310 e. The molecular weight excluding hydrogens is 414 g/mol. The van der Waals surface area contributed by atoms with Crippen LogP contribution in [0.3, 0.4) is 0 Å². The molecule has 1 aliphatic heterocycles. The first-order valence-corrected chi connectivity index (χ1v) is 8.39. The number of likely N-dealkylation sites (N-methyl/N-ethyl adjacent to an activating group) is 1. The number of benzene rings is 1. The Balaban J connectivity index is 2.27. The molecule has 0 unspecified atom stereocenters. The number of nitrogens with zero attached hydrogens (tertiary/aromatic N) is 2. The molecule has 0 spiro atoms. The third kappa shape index (κ3) is 5.02. The fourth-order valence-electron chi connectivity index (χ4n) is 2.40. The standard InChI is InChI=1S/C18H16ClF4N5O/c1-4-10(13-8-14(18(21,22)23)27-28(13)3)16(24)25-9(2)26-17(29)11-6-5-7-12(19)15(11)20/h4-8,27H,1H2,2-3H3,(H2,24,25,26,29). The SMILES string of the molecule is C=CC(C(=N)N=C(C)NC(=O)c1cccc(Cl)c1F)=C1C=C(C(F)(F)F)NN1C. The van der Waals surface area contributed by atoms with Crippen LogP contribution in [0.25, 0.3) is 0 Å². The Labute approximate surface area is 168 Å². The molecule has 0 fully saturated rings. The van der Waals surface area contributed by atoms with Crippen molar-refractivity contribution in [1.82, 2.24) is 15.8 Å². The lowest BCUT2D eigenvalue weighted by Gasteiger charge is -2.18. The number of allylic oxidation sites excluding steroid dienone is 2. The van der Waals surface area contributed by atoms with Crippen LogP contribution in [0.4, 0.5) is 17.6 Å². The van der Waals surface area contributed by atoms with Gasteiger partial charge in [-0.15, -0.1) is 0 Å². The van der Waals surface area contributed by atoms with Crippen LogP contribution >= 0.6 is 11.6 Å². The quantitative estimate of drug-likeness (QED) is 0.387. The maximum absolute atomic E-state index is 13.9. The molecule has 11 heteroatoms. The zero-order valence-electron chi connectivity index (χ0n) is 15.3. The van der Waals surface area contributed by atoms with E-state index in [0.29, 0.717) is 0 Å². The molecule has 0 radical (unpaired) electrons. The summed E-state index contributed by atoms with van der Waals surface area (Å²) in [6.45, 7) is 4.84. The van der Waals surface area contributed by atoms with Crippen molar-refractivity contribution < 1.29 is 22.4 Å². The number of amides is 1. The normalized spacial score (nSPS) is 16.2. The Morgan fingerprint density at radius 2 is 2.07 bits per heavy atom. The van der Waals surface area contributed by atoms with E-state index in [1.165, 1.54) is 38.2 Å². The number of rotatable bonds is 3. The van der Waals surface area contributed by atoms with Gasteiger partial charge in [-0.05, 0) is 25.1 Å². The molecule has 0 bridgehead atoms. The fourth-order valence-corrected chi connectivity index (χ4v) is 2.57. The van der Waals surface area contributed by atoms with E-state index in [-0.39, 0.29) is 27.7 Å². The highest BCUT2D eigenvalue weighted by Gasteiger charge is 2.38. The summed E-state index contributed by atoms with van der Waals surface area (Å²) in [5, 5.41) is 11.2. The number of amidine groups is 2. The molecule has 6 nitrogen and oxygen atoms in total. The topological polar surface area (TPSA) is 80.6 Å². The first kappa shape index (κ1) is 22.2. The summed E-state index contributed by atoms with van der Waals surface area (Å²) in [5.41, 5.74) is 0.802. The highest BCUT2D eigenvalue weighted by Crippen LogP contribution is 2.30. The Kier molecular flexibility index (Phi) is 6.48. The summed E-state index contributed by atoms with van der Waals surface area (Å²) in [6.07, 6.45) is -2.62. The number of hydrogen-bond donors (Lipinski definition) is 3. The van der Waals surface area contributed by atoms with Crippen molar-refractivity contribution in [3.63, 3.8) is 0 Å². The minimum absolute atomic E-state index is 0.0122. The van der Waals surface area contributed by atoms with Crippen molar-refractivity contribution in [2.75, 3.05) is 7.05 Å². The summed E-state index contributed by atoms with van der Waals surface area (Å²) in [7, 11) is 1.33. The van der Waals surface area contributed by atoms with Gasteiger partial charge in [0.25, 0.3) is 5.91 Å². The number of carbonyl (C=O) groups excluding carboxylic acids is 1. The molecule has 0 saturated carbocycles. The number of halogens is 5. The van der Waals surface area contributed by atoms with Crippen LogP contribution in [0.5, 0.6) is 0 Å². The van der Waals surface area contributed by atoms with E-state index >= 15 is 0 Å². The smallest absolute Gasteiger partial charge is 0.310 e. The molecule has 3 N–H and O–H groups in total. The molecule has 0 saturated heterocycles. The number of hydrazine groups is 1. The molecule has 1 aliphatic rings. The van der Waals surface area contributed by atoms with Crippen LogP contribution < -0.4 is 10.7 Å². The summed E-state index contributed by atoms with van der Waals surface area (Å²) in [5.74, 6) is -2.28. The Hall–Kier alpha value is -3.14. The van der Waals surface area contributed by atoms with E-state index in [9.17, 15) is 22.4 Å². The number of hydrogen-bond acceptors (Lipinski definition) is 4. The number of carbonyl (C=O) groups is 1. The maximum Gasteiger partial charge on any atom is 0.432 e. The molecular formula is C18H16ClF4N5O. The molecule has 0 atom stereocenters. The predicted octanol–water partition coefficient (Wildman–Crippen LogP) is 3.94. The van der Waals surface area contributed by atoms with Crippen LogP contribution in [0, 0.1) is 11.2 Å². The van der Waals surface area contributed by atoms with Crippen LogP contribution in [0.15, 0.2) is 58.9 Å². The third-order valence-electron chi connectivity index (χ3n) is 3.74. The molecule has 1 amide bonds. The van der Waals surface area contributed by atoms with E-state index in [1.807, 2.05) is 0 Å². The number of alkyl halides is 3. The van der Waals surface area contributed by atoms with E-state index in [0.717, 1.165) is 11.1 Å². The Morgan fingerprint density at radius 3 is 2.62 bits per heavy atom. The second-order valence-corrected chi connectivity index (χ2v) is 6.24. The average molecular weight is 430 g/mol. The van der Waals surface area contributed by atoms with Gasteiger partial charge in [0.15, 0.2) is 11.7 Å². The average Bonchev–Trinajstić information content (AvgIpc) is 2.99. The van der Waals surface area contributed by atoms with Gasteiger partial charge < -0.3 is 5.32 Å². The predicted molar refractivity (Wildman–Crippen MR) is 102 cm³/mol. The Morgan fingerprint density at radius 1 is 1.41 bits per heavy atom. The van der Waals surface area contributed by atoms with Crippen molar-refractivity contribution in [3.8, 4) is 0 Å². The zero-order valence-corrected chi connectivity index (χ0v) is 16.0. The first-order chi connectivity index (χ1) is 13.5. The minimum atomic E-state index is -4.60. The van der Waals surface area contributed by atoms with Gasteiger partial charge in [-0.3, -0.25) is 20.6 Å². The van der Waals surface area contributed by atoms with Gasteiger partial charge in [0.2, 0.25) is 0 Å². The largest absolute Gasteiger partial charge is 0.432 e. The number of aliphatic imine (C=N–C) groups is 1. The molecule has 29 heavy (non-hydrogen) atoms. The highest BCUT2D eigenvalue weighted by molar-refractivity contribution is 6.31. The zero-order chi connectivity index (χ0) is 21.9. The van der Waals surface area contributed by atoms with Crippen molar-refractivity contribution in [2.24, 2.45) is 4.99 Å². The lowest BCUT2D eigenvalue weighted by atomic mass is 10.1. The second kappa shape index (κ2) is 8.48. The summed E-state index contributed by atoms with van der Waals surface area (Å²) in [6, 6.07) is 3.89. The van der Waals surface area contributed by atoms with Gasteiger partial charge in [0.05, 0.1) is 16.3 Å². The van der Waals surface area contributed by atoms with E-state index in [1.54, 1.807) is 0 Å². The molecule has 1 aromatic carbocycles. The van der Waals surface area contributed by atoms with Crippen LogP contribution in [-0.2, 0) is 0 Å². The van der Waals surface area contributed by atoms with E-state index < -0.39 is 29.4 Å². The van der Waals surface area contributed by atoms with Crippen molar-refractivity contribution >= 4 is 29.2 Å². The van der Waals surface area contributed by atoms with Gasteiger partial charge >= 0.3 is 6.18 Å². The lowest BCUT2D eigenvalue weighted by Crippen LogP contribution is -2.33. The van der Waals surface area contributed by atoms with Gasteiger partial charge in [0.1, 0.15) is 11.5 Å². The highest BCUT2D eigenvalue weighted by atomic mass is 35.5. The summed E-state index contributed by atoms with van der Waals surface area (Å²) >= 11 is 5.64. The van der Waals surface area contributed by atoms with Crippen molar-refractivity contribution in [1.29, 1.82) is 5.41 Å². The van der Waals surface area contributed by atoms with Gasteiger partial charge in [0, 0.05) is 12.6 Å². The molecule has 2 rings (SSSR count). The monoisotopic (exact) mass is 429 g/mol. The van der Waals surface area contributed by atoms with E-state index in [4.69, 9.17) is 17.0 Å². The van der Waals surface area contributed by atoms with Crippen molar-refractivity contribution in [2.45, 2.75) is 13.1 Å². The van der Waals surface area contributed by atoms with Crippen LogP contribution in [0.1, 0.15) is 17.3 Å². The molecule has 0 aliphatic carbocycles. The van der Waals surface area contributed by atoms with Gasteiger partial charge in [-0.1, -0.05) is 30.3 Å². The molecule has 1 heterocycles. The molecule has 154 valence electrons. The number of nitrogens with one attached hydrogen (secondary N) is 3. The maximum atomic E-state index is 13.9. The second-order valence-electron chi connectivity index (χ2n) is 5.83. The Bertz CT molecular complexity index is 965. The van der Waals surface area contributed by atoms with Gasteiger partial charge in [-0.2, -0.15) is 13.2 Å². The van der Waals surface area contributed by atoms with Crippen LogP contribution in [0.2, 0.25) is 5.02 Å². The third-order valence-corrected chi connectivity index (χ3v) is 4.03. The molecule has 1 aromatic rings. The van der Waals surface area contributed by atoms with Crippen LogP contribution in [-0.4, -0.2) is 35.8 Å². The van der Waals surface area contributed by atoms with Gasteiger partial charge in [-0.25, -0.2) is 9.38 Å². The fraction of sp³-hybridized carbons (Fsp3) is 0.167. The van der Waals surface area contributed by atoms with E-state index in [2.05, 4.69) is 22.3 Å². The lowest BCUT2D eigenvalue weighted by molar-refractivity contribution is -0.0994. The summed E-state index contributed by atoms with van der Waals surface area (Å²) in [4.78, 5) is 16.0. The summed E-state index contributed by atoms with van der Waals surface area (Å²) < 4.78 is 52.6. The van der Waals surface area contributed by atoms with Crippen molar-refractivity contribution in [3.05, 3.63) is 70.3 Å². The molecule has 0 aromatic heterocycles.